The molecule has 1 saturated carbocycles. The highest BCUT2D eigenvalue weighted by Gasteiger charge is 2.47. The maximum atomic E-state index is 6.06. The highest BCUT2D eigenvalue weighted by molar-refractivity contribution is 4.98. The number of ether oxygens (including phenoxy) is 1. The second-order valence-corrected chi connectivity index (χ2v) is 5.67. The van der Waals surface area contributed by atoms with E-state index in [-0.39, 0.29) is 5.60 Å². The zero-order valence-electron chi connectivity index (χ0n) is 9.21. The minimum Gasteiger partial charge on any atom is -0.372 e. The van der Waals surface area contributed by atoms with E-state index in [1.54, 1.807) is 0 Å². The van der Waals surface area contributed by atoms with E-state index >= 15 is 0 Å². The van der Waals surface area contributed by atoms with Crippen LogP contribution in [0.1, 0.15) is 27.2 Å². The van der Waals surface area contributed by atoms with Gasteiger partial charge in [-0.05, 0) is 46.1 Å². The Balaban J connectivity index is 1.91. The van der Waals surface area contributed by atoms with Gasteiger partial charge in [-0.2, -0.15) is 0 Å². The van der Waals surface area contributed by atoms with Crippen molar-refractivity contribution < 1.29 is 4.74 Å². The van der Waals surface area contributed by atoms with E-state index in [2.05, 4.69) is 32.7 Å². The summed E-state index contributed by atoms with van der Waals surface area (Å²) in [5.41, 5.74) is 0.0392. The van der Waals surface area contributed by atoms with Crippen LogP contribution in [0.3, 0.4) is 0 Å². The third kappa shape index (κ3) is 1.89. The van der Waals surface area contributed by atoms with Crippen molar-refractivity contribution in [2.45, 2.75) is 38.9 Å². The number of piperidine rings is 2. The lowest BCUT2D eigenvalue weighted by Gasteiger charge is -2.54. The van der Waals surface area contributed by atoms with Crippen LogP contribution in [0.2, 0.25) is 0 Å². The van der Waals surface area contributed by atoms with Crippen LogP contribution >= 0.6 is 0 Å². The summed E-state index contributed by atoms with van der Waals surface area (Å²) in [6.45, 7) is 8.94. The second kappa shape index (κ2) is 2.96. The van der Waals surface area contributed by atoms with Gasteiger partial charge in [0.2, 0.25) is 0 Å². The molecule has 0 amide bonds. The number of rotatable bonds is 1. The maximum Gasteiger partial charge on any atom is 0.0663 e. The van der Waals surface area contributed by atoms with Crippen molar-refractivity contribution in [1.29, 1.82) is 0 Å². The molecule has 1 aliphatic carbocycles. The summed E-state index contributed by atoms with van der Waals surface area (Å²) in [4.78, 5) is 2.43. The molecule has 2 heteroatoms. The average Bonchev–Trinajstić information content (AvgIpc) is 1.98. The van der Waals surface area contributed by atoms with Crippen LogP contribution in [0.4, 0.5) is 0 Å². The van der Waals surface area contributed by atoms with E-state index in [9.17, 15) is 0 Å². The van der Waals surface area contributed by atoms with E-state index in [1.807, 2.05) is 0 Å². The summed E-state index contributed by atoms with van der Waals surface area (Å²) in [6, 6.07) is 0. The van der Waals surface area contributed by atoms with Crippen molar-refractivity contribution >= 4 is 0 Å². The molecule has 0 aromatic heterocycles. The van der Waals surface area contributed by atoms with Crippen molar-refractivity contribution in [3.63, 3.8) is 0 Å². The molecule has 0 spiro atoms. The Morgan fingerprint density at radius 1 is 1.15 bits per heavy atom. The normalized spacial score (nSPS) is 40.2. The fourth-order valence-electron chi connectivity index (χ4n) is 2.68. The first-order valence-corrected chi connectivity index (χ1v) is 5.32. The third-order valence-electron chi connectivity index (χ3n) is 3.12. The molecule has 3 fully saturated rings. The highest BCUT2D eigenvalue weighted by atomic mass is 16.5. The quantitative estimate of drug-likeness (QED) is 0.614. The Kier molecular flexibility index (Phi) is 2.16. The van der Waals surface area contributed by atoms with Gasteiger partial charge in [-0.25, -0.2) is 0 Å². The molecule has 2 nitrogen and oxygen atoms in total. The standard InChI is InChI=1S/C11H21NO/c1-11(2,3)13-10-8-5-9(10)7-12(4)6-8/h8-10H,5-7H2,1-4H3. The average molecular weight is 183 g/mol. The predicted octanol–water partition coefficient (Wildman–Crippen LogP) is 1.75. The van der Waals surface area contributed by atoms with Crippen molar-refractivity contribution in [1.82, 2.24) is 4.90 Å². The minimum atomic E-state index is 0.0392. The summed E-state index contributed by atoms with van der Waals surface area (Å²) >= 11 is 0. The minimum absolute atomic E-state index is 0.0392. The number of fused-ring (bicyclic) bond motifs is 2. The van der Waals surface area contributed by atoms with Gasteiger partial charge in [-0.15, -0.1) is 0 Å². The number of hydrogen-bond acceptors (Lipinski definition) is 2. The zero-order chi connectivity index (χ0) is 9.64. The Hall–Kier alpha value is -0.0800. The van der Waals surface area contributed by atoms with Crippen molar-refractivity contribution in [3.05, 3.63) is 0 Å². The van der Waals surface area contributed by atoms with Crippen LogP contribution in [0.5, 0.6) is 0 Å². The first kappa shape index (κ1) is 9.47. The van der Waals surface area contributed by atoms with Gasteiger partial charge in [0.15, 0.2) is 0 Å². The van der Waals surface area contributed by atoms with E-state index < -0.39 is 0 Å². The van der Waals surface area contributed by atoms with Gasteiger partial charge >= 0.3 is 0 Å². The van der Waals surface area contributed by atoms with Crippen molar-refractivity contribution in [2.24, 2.45) is 11.8 Å². The van der Waals surface area contributed by atoms with Gasteiger partial charge in [0, 0.05) is 13.1 Å². The molecule has 3 aliphatic rings. The molecule has 13 heavy (non-hydrogen) atoms. The van der Waals surface area contributed by atoms with Crippen molar-refractivity contribution in [2.75, 3.05) is 20.1 Å². The Morgan fingerprint density at radius 2 is 1.69 bits per heavy atom. The summed E-state index contributed by atoms with van der Waals surface area (Å²) in [6.07, 6.45) is 1.95. The Bertz CT molecular complexity index is 185. The fourth-order valence-corrected chi connectivity index (χ4v) is 2.68. The molecule has 3 rings (SSSR count). The Morgan fingerprint density at radius 3 is 2.15 bits per heavy atom. The van der Waals surface area contributed by atoms with Gasteiger partial charge in [-0.1, -0.05) is 0 Å². The fraction of sp³-hybridized carbons (Fsp3) is 1.00. The molecule has 76 valence electrons. The molecule has 0 radical (unpaired) electrons. The molecule has 2 saturated heterocycles. The predicted molar refractivity (Wildman–Crippen MR) is 53.7 cm³/mol. The summed E-state index contributed by atoms with van der Waals surface area (Å²) < 4.78 is 6.06. The third-order valence-corrected chi connectivity index (χ3v) is 3.12. The monoisotopic (exact) mass is 183 g/mol. The molecular weight excluding hydrogens is 162 g/mol. The SMILES string of the molecule is CN1CC2CC(C1)C2OC(C)(C)C. The number of nitrogens with zero attached hydrogens (tertiary/aromatic N) is 1. The molecule has 0 aromatic rings. The second-order valence-electron chi connectivity index (χ2n) is 5.67. The van der Waals surface area contributed by atoms with Gasteiger partial charge in [-0.3, -0.25) is 0 Å². The lowest BCUT2D eigenvalue weighted by molar-refractivity contribution is -0.187. The van der Waals surface area contributed by atoms with Crippen LogP contribution < -0.4 is 0 Å². The van der Waals surface area contributed by atoms with Crippen LogP contribution in [0.25, 0.3) is 0 Å². The Labute approximate surface area is 81.3 Å². The van der Waals surface area contributed by atoms with Crippen LogP contribution in [0, 0.1) is 11.8 Å². The topological polar surface area (TPSA) is 12.5 Å². The summed E-state index contributed by atoms with van der Waals surface area (Å²) in [7, 11) is 2.21. The van der Waals surface area contributed by atoms with E-state index in [4.69, 9.17) is 4.74 Å². The van der Waals surface area contributed by atoms with E-state index in [0.717, 1.165) is 11.8 Å². The van der Waals surface area contributed by atoms with Crippen LogP contribution in [0.15, 0.2) is 0 Å². The molecular formula is C11H21NO. The number of hydrogen-bond donors (Lipinski definition) is 0. The molecule has 2 aliphatic heterocycles. The van der Waals surface area contributed by atoms with Gasteiger partial charge in [0.1, 0.15) is 0 Å². The van der Waals surface area contributed by atoms with Gasteiger partial charge < -0.3 is 9.64 Å². The van der Waals surface area contributed by atoms with Gasteiger partial charge in [0.05, 0.1) is 11.7 Å². The smallest absolute Gasteiger partial charge is 0.0663 e. The van der Waals surface area contributed by atoms with Gasteiger partial charge in [0.25, 0.3) is 0 Å². The lowest BCUT2D eigenvalue weighted by Crippen LogP contribution is -2.59. The molecule has 2 bridgehead atoms. The molecule has 2 atom stereocenters. The lowest BCUT2D eigenvalue weighted by atomic mass is 9.68. The first-order chi connectivity index (χ1) is 5.96. The molecule has 2 heterocycles. The molecule has 2 unspecified atom stereocenters. The largest absolute Gasteiger partial charge is 0.372 e. The zero-order valence-corrected chi connectivity index (χ0v) is 9.21. The van der Waals surface area contributed by atoms with Crippen molar-refractivity contribution in [3.8, 4) is 0 Å². The first-order valence-electron chi connectivity index (χ1n) is 5.32. The molecule has 0 aromatic carbocycles. The highest BCUT2D eigenvalue weighted by Crippen LogP contribution is 2.43. The van der Waals surface area contributed by atoms with E-state index in [1.165, 1.54) is 19.5 Å². The summed E-state index contributed by atoms with van der Waals surface area (Å²) in [5, 5.41) is 0. The maximum absolute atomic E-state index is 6.06. The van der Waals surface area contributed by atoms with Crippen LogP contribution in [-0.2, 0) is 4.74 Å². The summed E-state index contributed by atoms with van der Waals surface area (Å²) in [5.74, 6) is 1.62. The molecule has 0 N–H and O–H groups in total. The van der Waals surface area contributed by atoms with E-state index in [0.29, 0.717) is 6.10 Å². The van der Waals surface area contributed by atoms with Crippen LogP contribution in [-0.4, -0.2) is 36.7 Å².